The number of halogens is 1. The lowest BCUT2D eigenvalue weighted by atomic mass is 10.1. The molecule has 0 atom stereocenters. The van der Waals surface area contributed by atoms with Gasteiger partial charge in [0.2, 0.25) is 0 Å². The molecule has 2 rings (SSSR count). The number of hydrogen-bond donors (Lipinski definition) is 1. The molecule has 0 saturated heterocycles. The molecule has 14 heavy (non-hydrogen) atoms. The number of aliphatic hydroxyl groups is 1. The highest BCUT2D eigenvalue weighted by atomic mass is 127. The fourth-order valence-electron chi connectivity index (χ4n) is 1.43. The van der Waals surface area contributed by atoms with Crippen molar-refractivity contribution in [3.05, 3.63) is 26.6 Å². The van der Waals surface area contributed by atoms with Crippen molar-refractivity contribution in [3.8, 4) is 5.75 Å². The van der Waals surface area contributed by atoms with Crippen LogP contribution in [-0.2, 0) is 6.61 Å². The van der Waals surface area contributed by atoms with Crippen molar-refractivity contribution in [2.45, 2.75) is 6.61 Å². The van der Waals surface area contributed by atoms with Crippen LogP contribution in [0, 0.1) is 2.88 Å². The van der Waals surface area contributed by atoms with Gasteiger partial charge in [0.15, 0.2) is 0 Å². The van der Waals surface area contributed by atoms with Crippen LogP contribution in [0.1, 0.15) is 5.56 Å². The fraction of sp³-hybridized carbons (Fsp3) is 0.200. The standard InChI is InChI=1S/C10H9IO2S/c1-13-8-3-2-6(5-12)10-7(8)4-9(11)14-10/h2-4,12H,5H2,1H3. The Morgan fingerprint density at radius 3 is 2.93 bits per heavy atom. The molecule has 0 aliphatic carbocycles. The van der Waals surface area contributed by atoms with E-state index in [0.29, 0.717) is 0 Å². The van der Waals surface area contributed by atoms with E-state index < -0.39 is 0 Å². The maximum atomic E-state index is 9.17. The molecule has 1 heterocycles. The zero-order chi connectivity index (χ0) is 10.1. The average molecular weight is 320 g/mol. The van der Waals surface area contributed by atoms with Gasteiger partial charge < -0.3 is 9.84 Å². The molecule has 0 unspecified atom stereocenters. The number of thiophene rings is 1. The fourth-order valence-corrected chi connectivity index (χ4v) is 3.30. The van der Waals surface area contributed by atoms with E-state index in [0.717, 1.165) is 21.4 Å². The summed E-state index contributed by atoms with van der Waals surface area (Å²) in [4.78, 5) is 0. The second-order valence-corrected chi connectivity index (χ2v) is 5.82. The number of aliphatic hydroxyl groups excluding tert-OH is 1. The second kappa shape index (κ2) is 4.04. The molecular weight excluding hydrogens is 311 g/mol. The first-order valence-corrected chi connectivity index (χ1v) is 6.01. The summed E-state index contributed by atoms with van der Waals surface area (Å²) in [5.41, 5.74) is 0.966. The van der Waals surface area contributed by atoms with Crippen LogP contribution >= 0.6 is 33.9 Å². The topological polar surface area (TPSA) is 29.5 Å². The predicted molar refractivity (Wildman–Crippen MR) is 67.0 cm³/mol. The number of fused-ring (bicyclic) bond motifs is 1. The van der Waals surface area contributed by atoms with Gasteiger partial charge in [-0.15, -0.1) is 11.3 Å². The molecule has 0 bridgehead atoms. The lowest BCUT2D eigenvalue weighted by Crippen LogP contribution is -1.87. The number of rotatable bonds is 2. The van der Waals surface area contributed by atoms with Crippen molar-refractivity contribution in [1.82, 2.24) is 0 Å². The molecule has 0 radical (unpaired) electrons. The van der Waals surface area contributed by atoms with Gasteiger partial charge in [-0.3, -0.25) is 0 Å². The van der Waals surface area contributed by atoms with Crippen LogP contribution < -0.4 is 4.74 Å². The molecule has 0 spiro atoms. The minimum atomic E-state index is 0.0804. The van der Waals surface area contributed by atoms with Gasteiger partial charge in [-0.25, -0.2) is 0 Å². The average Bonchev–Trinajstić information content (AvgIpc) is 2.57. The highest BCUT2D eigenvalue weighted by molar-refractivity contribution is 14.1. The molecule has 0 fully saturated rings. The molecule has 0 saturated carbocycles. The summed E-state index contributed by atoms with van der Waals surface area (Å²) in [7, 11) is 1.66. The second-order valence-electron chi connectivity index (χ2n) is 2.88. The Balaban J connectivity index is 2.77. The van der Waals surface area contributed by atoms with E-state index in [-0.39, 0.29) is 6.61 Å². The Morgan fingerprint density at radius 2 is 2.29 bits per heavy atom. The number of ether oxygens (including phenoxy) is 1. The first-order valence-electron chi connectivity index (χ1n) is 4.12. The molecule has 74 valence electrons. The minimum absolute atomic E-state index is 0.0804. The van der Waals surface area contributed by atoms with E-state index in [1.807, 2.05) is 12.1 Å². The maximum absolute atomic E-state index is 9.17. The van der Waals surface area contributed by atoms with Crippen molar-refractivity contribution in [2.75, 3.05) is 7.11 Å². The van der Waals surface area contributed by atoms with Crippen LogP contribution in [0.4, 0.5) is 0 Å². The molecule has 1 aromatic heterocycles. The van der Waals surface area contributed by atoms with Crippen molar-refractivity contribution >= 4 is 44.0 Å². The van der Waals surface area contributed by atoms with E-state index in [1.54, 1.807) is 18.4 Å². The zero-order valence-corrected chi connectivity index (χ0v) is 10.6. The SMILES string of the molecule is COc1ccc(CO)c2sc(I)cc12. The summed E-state index contributed by atoms with van der Waals surface area (Å²) in [5.74, 6) is 0.872. The highest BCUT2D eigenvalue weighted by Crippen LogP contribution is 2.35. The summed E-state index contributed by atoms with van der Waals surface area (Å²) < 4.78 is 7.59. The van der Waals surface area contributed by atoms with Crippen molar-refractivity contribution in [3.63, 3.8) is 0 Å². The molecule has 0 aliphatic heterocycles. The van der Waals surface area contributed by atoms with Crippen molar-refractivity contribution in [1.29, 1.82) is 0 Å². The first-order chi connectivity index (χ1) is 6.76. The van der Waals surface area contributed by atoms with Gasteiger partial charge in [0, 0.05) is 10.1 Å². The van der Waals surface area contributed by atoms with E-state index in [1.165, 1.54) is 2.88 Å². The highest BCUT2D eigenvalue weighted by Gasteiger charge is 2.09. The molecule has 1 N–H and O–H groups in total. The molecule has 2 nitrogen and oxygen atoms in total. The van der Waals surface area contributed by atoms with Gasteiger partial charge in [-0.1, -0.05) is 6.07 Å². The summed E-state index contributed by atoms with van der Waals surface area (Å²) in [6, 6.07) is 5.89. The summed E-state index contributed by atoms with van der Waals surface area (Å²) in [6.45, 7) is 0.0804. The van der Waals surface area contributed by atoms with Crippen LogP contribution in [-0.4, -0.2) is 12.2 Å². The smallest absolute Gasteiger partial charge is 0.127 e. The van der Waals surface area contributed by atoms with Gasteiger partial charge in [0.1, 0.15) is 5.75 Å². The minimum Gasteiger partial charge on any atom is -0.496 e. The third-order valence-electron chi connectivity index (χ3n) is 2.09. The number of methoxy groups -OCH3 is 1. The lowest BCUT2D eigenvalue weighted by Gasteiger charge is -2.03. The van der Waals surface area contributed by atoms with E-state index in [9.17, 15) is 5.11 Å². The first kappa shape index (κ1) is 10.2. The van der Waals surface area contributed by atoms with Crippen LogP contribution in [0.5, 0.6) is 5.75 Å². The Morgan fingerprint density at radius 1 is 1.50 bits per heavy atom. The predicted octanol–water partition coefficient (Wildman–Crippen LogP) is 3.01. The van der Waals surface area contributed by atoms with E-state index in [2.05, 4.69) is 28.7 Å². The summed E-state index contributed by atoms with van der Waals surface area (Å²) in [5, 5.41) is 10.3. The molecule has 0 aliphatic rings. The number of benzene rings is 1. The van der Waals surface area contributed by atoms with Gasteiger partial charge in [0.25, 0.3) is 0 Å². The third-order valence-corrected chi connectivity index (χ3v) is 4.06. The third kappa shape index (κ3) is 1.62. The molecule has 4 heteroatoms. The van der Waals surface area contributed by atoms with E-state index >= 15 is 0 Å². The Hall–Kier alpha value is -0.330. The zero-order valence-electron chi connectivity index (χ0n) is 7.58. The molecular formula is C10H9IO2S. The van der Waals surface area contributed by atoms with Gasteiger partial charge >= 0.3 is 0 Å². The van der Waals surface area contributed by atoms with Crippen molar-refractivity contribution in [2.24, 2.45) is 0 Å². The molecule has 0 amide bonds. The maximum Gasteiger partial charge on any atom is 0.127 e. The lowest BCUT2D eigenvalue weighted by molar-refractivity contribution is 0.283. The monoisotopic (exact) mass is 320 g/mol. The van der Waals surface area contributed by atoms with Crippen LogP contribution in [0.25, 0.3) is 10.1 Å². The van der Waals surface area contributed by atoms with Gasteiger partial charge in [-0.05, 0) is 40.3 Å². The van der Waals surface area contributed by atoms with Gasteiger partial charge in [0.05, 0.1) is 16.6 Å². The van der Waals surface area contributed by atoms with Crippen LogP contribution in [0.15, 0.2) is 18.2 Å². The van der Waals surface area contributed by atoms with Crippen LogP contribution in [0.2, 0.25) is 0 Å². The molecule has 2 aromatic rings. The quantitative estimate of drug-likeness (QED) is 0.862. The van der Waals surface area contributed by atoms with Gasteiger partial charge in [-0.2, -0.15) is 0 Å². The number of hydrogen-bond acceptors (Lipinski definition) is 3. The Labute approximate surface area is 99.7 Å². The largest absolute Gasteiger partial charge is 0.496 e. The van der Waals surface area contributed by atoms with Crippen molar-refractivity contribution < 1.29 is 9.84 Å². The molecule has 1 aromatic carbocycles. The Kier molecular flexibility index (Phi) is 2.94. The Bertz CT molecular complexity index is 423. The van der Waals surface area contributed by atoms with Crippen LogP contribution in [0.3, 0.4) is 0 Å². The summed E-state index contributed by atoms with van der Waals surface area (Å²) in [6.07, 6.45) is 0. The van der Waals surface area contributed by atoms with E-state index in [4.69, 9.17) is 4.74 Å². The normalized spacial score (nSPS) is 10.8. The summed E-state index contributed by atoms with van der Waals surface area (Å²) >= 11 is 3.96.